The van der Waals surface area contributed by atoms with Crippen LogP contribution in [-0.2, 0) is 0 Å². The maximum Gasteiger partial charge on any atom is 0.0186 e. The van der Waals surface area contributed by atoms with Gasteiger partial charge in [0.05, 0.1) is 0 Å². The van der Waals surface area contributed by atoms with Crippen molar-refractivity contribution in [3.8, 4) is 0 Å². The van der Waals surface area contributed by atoms with Crippen LogP contribution in [0.1, 0.15) is 12.8 Å². The highest BCUT2D eigenvalue weighted by Gasteiger charge is 2.10. The van der Waals surface area contributed by atoms with Crippen LogP contribution in [0.4, 0.5) is 0 Å². The molecule has 0 atom stereocenters. The highest BCUT2D eigenvalue weighted by atomic mass is 79.9. The van der Waals surface area contributed by atoms with Crippen LogP contribution in [0.15, 0.2) is 33.6 Å². The summed E-state index contributed by atoms with van der Waals surface area (Å²) in [5.74, 6) is 1.20. The van der Waals surface area contributed by atoms with E-state index >= 15 is 0 Å². The lowest BCUT2D eigenvalue weighted by atomic mass is 10.4. The Morgan fingerprint density at radius 1 is 1.27 bits per heavy atom. The van der Waals surface area contributed by atoms with E-state index in [0.717, 1.165) is 0 Å². The number of hydrogen-bond acceptors (Lipinski definition) is 2. The maximum absolute atomic E-state index is 3.50. The Bertz CT molecular complexity index is 310. The molecule has 0 spiro atoms. The summed E-state index contributed by atoms with van der Waals surface area (Å²) in [5.41, 5.74) is 0. The molecule has 1 fully saturated rings. The Kier molecular flexibility index (Phi) is 4.54. The van der Waals surface area contributed by atoms with E-state index in [1.165, 1.54) is 47.6 Å². The molecule has 3 heteroatoms. The van der Waals surface area contributed by atoms with Crippen molar-refractivity contribution in [3.63, 3.8) is 0 Å². The lowest BCUT2D eigenvalue weighted by Crippen LogP contribution is -2.21. The summed E-state index contributed by atoms with van der Waals surface area (Å²) in [5, 5.41) is 0. The number of benzene rings is 1. The molecule has 0 radical (unpaired) electrons. The third-order valence-electron chi connectivity index (χ3n) is 2.67. The Labute approximate surface area is 104 Å². The van der Waals surface area contributed by atoms with Gasteiger partial charge in [0, 0.05) is 21.7 Å². The van der Waals surface area contributed by atoms with Crippen molar-refractivity contribution in [1.29, 1.82) is 0 Å². The predicted octanol–water partition coefficient (Wildman–Crippen LogP) is 3.64. The van der Waals surface area contributed by atoms with Gasteiger partial charge in [-0.25, -0.2) is 0 Å². The second-order valence-electron chi connectivity index (χ2n) is 3.85. The molecular formula is C12H16BrNS. The molecule has 1 saturated heterocycles. The van der Waals surface area contributed by atoms with Crippen LogP contribution >= 0.6 is 27.7 Å². The van der Waals surface area contributed by atoms with Crippen LogP contribution < -0.4 is 0 Å². The Hall–Kier alpha value is 0.01000. The summed E-state index contributed by atoms with van der Waals surface area (Å²) in [6.07, 6.45) is 2.78. The van der Waals surface area contributed by atoms with Gasteiger partial charge in [-0.2, -0.15) is 0 Å². The summed E-state index contributed by atoms with van der Waals surface area (Å²) in [6.45, 7) is 3.84. The van der Waals surface area contributed by atoms with Crippen molar-refractivity contribution in [2.75, 3.05) is 25.4 Å². The monoisotopic (exact) mass is 285 g/mol. The normalized spacial score (nSPS) is 17.1. The van der Waals surface area contributed by atoms with Gasteiger partial charge in [0.1, 0.15) is 0 Å². The van der Waals surface area contributed by atoms with Gasteiger partial charge in [-0.05, 0) is 44.1 Å². The van der Waals surface area contributed by atoms with Gasteiger partial charge in [-0.3, -0.25) is 0 Å². The van der Waals surface area contributed by atoms with Crippen LogP contribution in [0.3, 0.4) is 0 Å². The lowest BCUT2D eigenvalue weighted by molar-refractivity contribution is 0.362. The average molecular weight is 286 g/mol. The molecule has 1 heterocycles. The van der Waals surface area contributed by atoms with Crippen molar-refractivity contribution in [1.82, 2.24) is 4.90 Å². The fourth-order valence-electron chi connectivity index (χ4n) is 1.86. The average Bonchev–Trinajstić information content (AvgIpc) is 2.71. The molecule has 0 N–H and O–H groups in total. The van der Waals surface area contributed by atoms with Crippen molar-refractivity contribution in [3.05, 3.63) is 28.7 Å². The summed E-state index contributed by atoms with van der Waals surface area (Å²) in [7, 11) is 0. The standard InChI is InChI=1S/C12H16BrNS/c13-11-4-3-5-12(10-11)15-9-8-14-6-1-2-7-14/h3-5,10H,1-2,6-9H2. The van der Waals surface area contributed by atoms with Gasteiger partial charge >= 0.3 is 0 Å². The fourth-order valence-corrected chi connectivity index (χ4v) is 3.38. The molecule has 82 valence electrons. The van der Waals surface area contributed by atoms with Crippen molar-refractivity contribution in [2.24, 2.45) is 0 Å². The lowest BCUT2D eigenvalue weighted by Gasteiger charge is -2.13. The molecule has 1 aromatic rings. The first-order chi connectivity index (χ1) is 7.34. The molecule has 0 aliphatic carbocycles. The zero-order valence-electron chi connectivity index (χ0n) is 8.79. The molecule has 0 unspecified atom stereocenters. The van der Waals surface area contributed by atoms with Gasteiger partial charge in [0.2, 0.25) is 0 Å². The zero-order valence-corrected chi connectivity index (χ0v) is 11.2. The first-order valence-corrected chi connectivity index (χ1v) is 7.23. The summed E-state index contributed by atoms with van der Waals surface area (Å²) in [4.78, 5) is 3.92. The van der Waals surface area contributed by atoms with E-state index < -0.39 is 0 Å². The highest BCUT2D eigenvalue weighted by Crippen LogP contribution is 2.22. The van der Waals surface area contributed by atoms with Crippen LogP contribution in [0, 0.1) is 0 Å². The molecule has 1 aromatic carbocycles. The number of rotatable bonds is 4. The molecule has 15 heavy (non-hydrogen) atoms. The molecule has 2 rings (SSSR count). The second-order valence-corrected chi connectivity index (χ2v) is 5.94. The first-order valence-electron chi connectivity index (χ1n) is 5.45. The molecule has 0 saturated carbocycles. The van der Waals surface area contributed by atoms with Gasteiger partial charge in [-0.15, -0.1) is 11.8 Å². The summed E-state index contributed by atoms with van der Waals surface area (Å²) in [6, 6.07) is 8.54. The smallest absolute Gasteiger partial charge is 0.0186 e. The number of halogens is 1. The van der Waals surface area contributed by atoms with Crippen LogP contribution in [-0.4, -0.2) is 30.3 Å². The van der Waals surface area contributed by atoms with Crippen LogP contribution in [0.5, 0.6) is 0 Å². The molecule has 1 nitrogen and oxygen atoms in total. The van der Waals surface area contributed by atoms with Crippen molar-refractivity contribution < 1.29 is 0 Å². The number of hydrogen-bond donors (Lipinski definition) is 0. The van der Waals surface area contributed by atoms with Gasteiger partial charge in [0.15, 0.2) is 0 Å². The third kappa shape index (κ3) is 3.82. The van der Waals surface area contributed by atoms with Gasteiger partial charge in [-0.1, -0.05) is 22.0 Å². The number of nitrogens with zero attached hydrogens (tertiary/aromatic N) is 1. The van der Waals surface area contributed by atoms with Crippen LogP contribution in [0.25, 0.3) is 0 Å². The van der Waals surface area contributed by atoms with E-state index in [4.69, 9.17) is 0 Å². The van der Waals surface area contributed by atoms with E-state index in [0.29, 0.717) is 0 Å². The Morgan fingerprint density at radius 3 is 2.80 bits per heavy atom. The Morgan fingerprint density at radius 2 is 2.07 bits per heavy atom. The van der Waals surface area contributed by atoms with E-state index in [-0.39, 0.29) is 0 Å². The Balaban J connectivity index is 1.73. The minimum absolute atomic E-state index is 1.17. The predicted molar refractivity (Wildman–Crippen MR) is 70.5 cm³/mol. The topological polar surface area (TPSA) is 3.24 Å². The van der Waals surface area contributed by atoms with E-state index in [1.807, 2.05) is 11.8 Å². The van der Waals surface area contributed by atoms with E-state index in [2.05, 4.69) is 45.1 Å². The van der Waals surface area contributed by atoms with Crippen LogP contribution in [0.2, 0.25) is 0 Å². The molecule has 0 amide bonds. The summed E-state index contributed by atoms with van der Waals surface area (Å²) < 4.78 is 1.17. The third-order valence-corrected chi connectivity index (χ3v) is 4.14. The van der Waals surface area contributed by atoms with E-state index in [9.17, 15) is 0 Å². The number of thioether (sulfide) groups is 1. The molecular weight excluding hydrogens is 270 g/mol. The fraction of sp³-hybridized carbons (Fsp3) is 0.500. The zero-order chi connectivity index (χ0) is 10.5. The SMILES string of the molecule is Brc1cccc(SCCN2CCCC2)c1. The highest BCUT2D eigenvalue weighted by molar-refractivity contribution is 9.10. The quantitative estimate of drug-likeness (QED) is 0.777. The molecule has 0 bridgehead atoms. The maximum atomic E-state index is 3.50. The van der Waals surface area contributed by atoms with Gasteiger partial charge < -0.3 is 4.90 Å². The summed E-state index contributed by atoms with van der Waals surface area (Å²) >= 11 is 5.45. The van der Waals surface area contributed by atoms with Gasteiger partial charge in [0.25, 0.3) is 0 Å². The van der Waals surface area contributed by atoms with Crippen molar-refractivity contribution in [2.45, 2.75) is 17.7 Å². The molecule has 0 aromatic heterocycles. The van der Waals surface area contributed by atoms with Crippen molar-refractivity contribution >= 4 is 27.7 Å². The largest absolute Gasteiger partial charge is 0.303 e. The van der Waals surface area contributed by atoms with E-state index in [1.54, 1.807) is 0 Å². The first kappa shape index (κ1) is 11.5. The second kappa shape index (κ2) is 5.92. The minimum atomic E-state index is 1.17. The number of likely N-dealkylation sites (tertiary alicyclic amines) is 1. The molecule has 1 aliphatic rings. The minimum Gasteiger partial charge on any atom is -0.303 e. The molecule has 1 aliphatic heterocycles.